The molecule has 1 aromatic carbocycles. The van der Waals surface area contributed by atoms with E-state index < -0.39 is 4.92 Å². The molecule has 6 heteroatoms. The number of rotatable bonds is 2. The summed E-state index contributed by atoms with van der Waals surface area (Å²) >= 11 is 11.3. The fourth-order valence-corrected chi connectivity index (χ4v) is 1.34. The van der Waals surface area contributed by atoms with Crippen molar-refractivity contribution in [1.82, 2.24) is 0 Å². The Balaban J connectivity index is 3.33. The molecule has 1 rings (SSSR count). The zero-order valence-electron chi connectivity index (χ0n) is 8.29. The first-order valence-corrected chi connectivity index (χ1v) is 5.08. The summed E-state index contributed by atoms with van der Waals surface area (Å²) in [6.45, 7) is 0. The Morgan fingerprint density at radius 3 is 2.75 bits per heavy atom. The number of methoxy groups -OCH3 is 1. The van der Waals surface area contributed by atoms with Gasteiger partial charge >= 0.3 is 5.69 Å². The van der Waals surface area contributed by atoms with E-state index in [4.69, 9.17) is 27.9 Å². The summed E-state index contributed by atoms with van der Waals surface area (Å²) in [5.74, 6) is 5.45. The molecule has 0 N–H and O–H groups in total. The average molecular weight is 260 g/mol. The number of hydrogen-bond acceptors (Lipinski definition) is 3. The largest absolute Gasteiger partial charge is 0.490 e. The van der Waals surface area contributed by atoms with Gasteiger partial charge in [-0.2, -0.15) is 0 Å². The summed E-state index contributed by atoms with van der Waals surface area (Å²) in [5, 5.41) is 11.0. The molecule has 16 heavy (non-hydrogen) atoms. The van der Waals surface area contributed by atoms with Gasteiger partial charge in [0.25, 0.3) is 0 Å². The highest BCUT2D eigenvalue weighted by Crippen LogP contribution is 2.32. The molecule has 0 amide bonds. The van der Waals surface area contributed by atoms with Gasteiger partial charge in [-0.05, 0) is 0 Å². The first-order chi connectivity index (χ1) is 7.60. The van der Waals surface area contributed by atoms with Crippen LogP contribution in [0.25, 0.3) is 0 Å². The Hall–Kier alpha value is -1.44. The van der Waals surface area contributed by atoms with E-state index in [9.17, 15) is 10.1 Å². The number of nitro benzene ring substituents is 1. The summed E-state index contributed by atoms with van der Waals surface area (Å²) in [4.78, 5) is 10.2. The third-order valence-corrected chi connectivity index (χ3v) is 2.20. The quantitative estimate of drug-likeness (QED) is 0.355. The smallest absolute Gasteiger partial charge is 0.312 e. The first kappa shape index (κ1) is 12.6. The summed E-state index contributed by atoms with van der Waals surface area (Å²) in [7, 11) is 1.34. The van der Waals surface area contributed by atoms with E-state index in [1.54, 1.807) is 0 Å². The highest BCUT2D eigenvalue weighted by molar-refractivity contribution is 6.32. The van der Waals surface area contributed by atoms with E-state index in [2.05, 4.69) is 11.8 Å². The van der Waals surface area contributed by atoms with Gasteiger partial charge in [-0.15, -0.1) is 11.6 Å². The van der Waals surface area contributed by atoms with Gasteiger partial charge in [0.1, 0.15) is 0 Å². The van der Waals surface area contributed by atoms with E-state index in [1.165, 1.54) is 19.2 Å². The maximum Gasteiger partial charge on any atom is 0.312 e. The maximum atomic E-state index is 10.7. The van der Waals surface area contributed by atoms with Gasteiger partial charge in [0, 0.05) is 12.1 Å². The van der Waals surface area contributed by atoms with E-state index >= 15 is 0 Å². The molecule has 0 spiro atoms. The molecule has 1 aromatic rings. The van der Waals surface area contributed by atoms with E-state index in [1.807, 2.05) is 0 Å². The number of halogens is 2. The maximum absolute atomic E-state index is 10.7. The normalized spacial score (nSPS) is 9.19. The van der Waals surface area contributed by atoms with Crippen molar-refractivity contribution in [1.29, 1.82) is 0 Å². The van der Waals surface area contributed by atoms with Crippen molar-refractivity contribution in [2.45, 2.75) is 0 Å². The Bertz CT molecular complexity index is 477. The van der Waals surface area contributed by atoms with Crippen LogP contribution in [-0.2, 0) is 0 Å². The molecular weight excluding hydrogens is 253 g/mol. The van der Waals surface area contributed by atoms with Crippen LogP contribution in [-0.4, -0.2) is 17.9 Å². The van der Waals surface area contributed by atoms with Crippen LogP contribution in [0.5, 0.6) is 5.75 Å². The molecule has 0 aliphatic rings. The van der Waals surface area contributed by atoms with Gasteiger partial charge in [0.15, 0.2) is 5.75 Å². The Morgan fingerprint density at radius 2 is 2.25 bits per heavy atom. The Morgan fingerprint density at radius 1 is 1.56 bits per heavy atom. The number of ether oxygens (including phenoxy) is 1. The van der Waals surface area contributed by atoms with Crippen molar-refractivity contribution in [3.8, 4) is 17.6 Å². The van der Waals surface area contributed by atoms with E-state index in [-0.39, 0.29) is 17.3 Å². The lowest BCUT2D eigenvalue weighted by molar-refractivity contribution is -0.385. The molecule has 0 atom stereocenters. The molecule has 0 radical (unpaired) electrons. The summed E-state index contributed by atoms with van der Waals surface area (Å²) in [5.41, 5.74) is 0.181. The lowest BCUT2D eigenvalue weighted by Crippen LogP contribution is -1.95. The molecule has 0 saturated heterocycles. The van der Waals surface area contributed by atoms with Crippen molar-refractivity contribution < 1.29 is 9.66 Å². The predicted molar refractivity (Wildman–Crippen MR) is 62.3 cm³/mol. The molecule has 0 bridgehead atoms. The van der Waals surface area contributed by atoms with Crippen LogP contribution in [0.3, 0.4) is 0 Å². The van der Waals surface area contributed by atoms with Crippen molar-refractivity contribution in [2.24, 2.45) is 0 Å². The fraction of sp³-hybridized carbons (Fsp3) is 0.200. The van der Waals surface area contributed by atoms with Gasteiger partial charge in [-0.1, -0.05) is 23.4 Å². The number of nitrogens with zero attached hydrogens (tertiary/aromatic N) is 1. The molecule has 0 aliphatic heterocycles. The highest BCUT2D eigenvalue weighted by atomic mass is 35.5. The van der Waals surface area contributed by atoms with Gasteiger partial charge in [-0.3, -0.25) is 10.1 Å². The van der Waals surface area contributed by atoms with E-state index in [0.717, 1.165) is 0 Å². The van der Waals surface area contributed by atoms with Gasteiger partial charge in [0.05, 0.1) is 28.5 Å². The Labute approximate surface area is 102 Å². The van der Waals surface area contributed by atoms with Crippen molar-refractivity contribution in [3.05, 3.63) is 32.8 Å². The minimum Gasteiger partial charge on any atom is -0.490 e. The van der Waals surface area contributed by atoms with Crippen molar-refractivity contribution in [3.63, 3.8) is 0 Å². The van der Waals surface area contributed by atoms with Crippen LogP contribution in [0.2, 0.25) is 5.02 Å². The SMILES string of the molecule is COc1cc(Cl)c(C#CCCl)cc1[N+](=O)[O-]. The van der Waals surface area contributed by atoms with Crippen molar-refractivity contribution in [2.75, 3.05) is 13.0 Å². The van der Waals surface area contributed by atoms with Crippen molar-refractivity contribution >= 4 is 28.9 Å². The third kappa shape index (κ3) is 2.78. The van der Waals surface area contributed by atoms with Crippen LogP contribution in [0.1, 0.15) is 5.56 Å². The average Bonchev–Trinajstić information content (AvgIpc) is 2.26. The number of alkyl halides is 1. The van der Waals surface area contributed by atoms with Gasteiger partial charge in [-0.25, -0.2) is 0 Å². The lowest BCUT2D eigenvalue weighted by Gasteiger charge is -2.03. The molecule has 0 aromatic heterocycles. The molecule has 0 unspecified atom stereocenters. The number of nitro groups is 1. The molecule has 84 valence electrons. The zero-order chi connectivity index (χ0) is 12.1. The second kappa shape index (κ2) is 5.59. The summed E-state index contributed by atoms with van der Waals surface area (Å²) < 4.78 is 4.85. The van der Waals surface area contributed by atoms with Crippen LogP contribution in [0, 0.1) is 22.0 Å². The van der Waals surface area contributed by atoms with Gasteiger partial charge < -0.3 is 4.74 Å². The Kier molecular flexibility index (Phi) is 4.41. The molecule has 0 fully saturated rings. The van der Waals surface area contributed by atoms with Crippen LogP contribution >= 0.6 is 23.2 Å². The monoisotopic (exact) mass is 259 g/mol. The molecule has 0 aliphatic carbocycles. The first-order valence-electron chi connectivity index (χ1n) is 4.17. The van der Waals surface area contributed by atoms with E-state index in [0.29, 0.717) is 10.6 Å². The second-order valence-electron chi connectivity index (χ2n) is 2.70. The van der Waals surface area contributed by atoms with Crippen LogP contribution in [0.15, 0.2) is 12.1 Å². The third-order valence-electron chi connectivity index (χ3n) is 1.76. The fourth-order valence-electron chi connectivity index (χ4n) is 1.07. The van der Waals surface area contributed by atoms with Crippen LogP contribution < -0.4 is 4.74 Å². The lowest BCUT2D eigenvalue weighted by atomic mass is 10.2. The molecular formula is C10H7Cl2NO3. The zero-order valence-corrected chi connectivity index (χ0v) is 9.80. The topological polar surface area (TPSA) is 52.4 Å². The number of benzene rings is 1. The minimum atomic E-state index is -0.555. The second-order valence-corrected chi connectivity index (χ2v) is 3.37. The minimum absolute atomic E-state index is 0.103. The summed E-state index contributed by atoms with van der Waals surface area (Å²) in [6, 6.07) is 2.62. The summed E-state index contributed by atoms with van der Waals surface area (Å²) in [6.07, 6.45) is 0. The standard InChI is InChI=1S/C10H7Cl2NO3/c1-16-10-6-8(12)7(3-2-4-11)5-9(10)13(14)15/h5-6H,4H2,1H3. The number of hydrogen-bond donors (Lipinski definition) is 0. The molecule has 0 saturated carbocycles. The van der Waals surface area contributed by atoms with Gasteiger partial charge in [0.2, 0.25) is 0 Å². The highest BCUT2D eigenvalue weighted by Gasteiger charge is 2.17. The van der Waals surface area contributed by atoms with Crippen LogP contribution in [0.4, 0.5) is 5.69 Å². The predicted octanol–water partition coefficient (Wildman–Crippen LogP) is 2.85. The molecule has 0 heterocycles. The molecule has 4 nitrogen and oxygen atoms in total.